The molecule has 0 unspecified atom stereocenters. The molecule has 0 saturated heterocycles. The lowest BCUT2D eigenvalue weighted by Gasteiger charge is -2.22. The molecule has 2 atom stereocenters. The molecule has 26 heavy (non-hydrogen) atoms. The lowest BCUT2D eigenvalue weighted by molar-refractivity contribution is -0.155. The Morgan fingerprint density at radius 1 is 0.962 bits per heavy atom. The minimum atomic E-state index is -0.849. The van der Waals surface area contributed by atoms with E-state index in [0.29, 0.717) is 0 Å². The van der Waals surface area contributed by atoms with Crippen LogP contribution in [0.15, 0.2) is 12.2 Å². The molecule has 1 N–H and O–H groups in total. The standard InChI is InChI=1S/C22H41BrO3/c1-5-6-7-8-9-10-11-12-13-14-15-16-17-18-19(24)20(23)21(25)26-22(2,3)4/h17-20,24H,5-16H2,1-4H3/b18-17+/t19-,20-/m0/s1. The van der Waals surface area contributed by atoms with Crippen molar-refractivity contribution in [1.29, 1.82) is 0 Å². The Hall–Kier alpha value is -0.350. The van der Waals surface area contributed by atoms with Crippen molar-refractivity contribution in [2.24, 2.45) is 0 Å². The fourth-order valence-corrected chi connectivity index (χ4v) is 3.03. The van der Waals surface area contributed by atoms with E-state index < -0.39 is 22.5 Å². The number of allylic oxidation sites excluding steroid dienone is 1. The van der Waals surface area contributed by atoms with Crippen LogP contribution in [0.2, 0.25) is 0 Å². The third-order valence-electron chi connectivity index (χ3n) is 4.24. The summed E-state index contributed by atoms with van der Waals surface area (Å²) in [6.07, 6.45) is 18.4. The summed E-state index contributed by atoms with van der Waals surface area (Å²) in [5.74, 6) is -0.427. The van der Waals surface area contributed by atoms with Gasteiger partial charge in [0.15, 0.2) is 0 Å². The summed E-state index contributed by atoms with van der Waals surface area (Å²) in [6.45, 7) is 7.72. The van der Waals surface area contributed by atoms with Crippen molar-refractivity contribution in [3.63, 3.8) is 0 Å². The number of halogens is 1. The van der Waals surface area contributed by atoms with Crippen LogP contribution in [-0.4, -0.2) is 27.6 Å². The first-order valence-corrected chi connectivity index (χ1v) is 11.4. The molecule has 3 nitrogen and oxygen atoms in total. The number of unbranched alkanes of at least 4 members (excludes halogenated alkanes) is 11. The Bertz CT molecular complexity index is 374. The van der Waals surface area contributed by atoms with E-state index in [4.69, 9.17) is 4.74 Å². The molecule has 0 bridgehead atoms. The third kappa shape index (κ3) is 15.9. The van der Waals surface area contributed by atoms with Crippen molar-refractivity contribution >= 4 is 21.9 Å². The van der Waals surface area contributed by atoms with Crippen LogP contribution in [0.5, 0.6) is 0 Å². The van der Waals surface area contributed by atoms with Gasteiger partial charge in [0.05, 0.1) is 6.10 Å². The van der Waals surface area contributed by atoms with Gasteiger partial charge in [-0.1, -0.05) is 99.2 Å². The van der Waals surface area contributed by atoms with Gasteiger partial charge in [-0.15, -0.1) is 0 Å². The molecule has 0 radical (unpaired) electrons. The monoisotopic (exact) mass is 432 g/mol. The van der Waals surface area contributed by atoms with Crippen LogP contribution in [0.4, 0.5) is 0 Å². The van der Waals surface area contributed by atoms with Crippen LogP contribution in [-0.2, 0) is 9.53 Å². The van der Waals surface area contributed by atoms with Crippen molar-refractivity contribution in [2.75, 3.05) is 0 Å². The van der Waals surface area contributed by atoms with Crippen LogP contribution in [0.1, 0.15) is 105 Å². The molecule has 0 aromatic heterocycles. The highest BCUT2D eigenvalue weighted by Gasteiger charge is 2.27. The first-order chi connectivity index (χ1) is 12.3. The lowest BCUT2D eigenvalue weighted by atomic mass is 10.1. The number of aliphatic hydroxyl groups excluding tert-OH is 1. The number of carbonyl (C=O) groups excluding carboxylic acids is 1. The smallest absolute Gasteiger partial charge is 0.323 e. The molecule has 0 rings (SSSR count). The zero-order valence-corrected chi connectivity index (χ0v) is 19.0. The summed E-state index contributed by atoms with van der Waals surface area (Å²) in [5, 5.41) is 10.0. The van der Waals surface area contributed by atoms with Crippen LogP contribution >= 0.6 is 15.9 Å². The second-order valence-electron chi connectivity index (χ2n) is 8.18. The number of ether oxygens (including phenoxy) is 1. The summed E-state index contributed by atoms with van der Waals surface area (Å²) in [5.41, 5.74) is -0.540. The Morgan fingerprint density at radius 3 is 1.88 bits per heavy atom. The van der Waals surface area contributed by atoms with Gasteiger partial charge >= 0.3 is 5.97 Å². The number of rotatable bonds is 15. The number of hydrogen-bond acceptors (Lipinski definition) is 3. The number of hydrogen-bond donors (Lipinski definition) is 1. The van der Waals surface area contributed by atoms with Gasteiger partial charge in [0.2, 0.25) is 0 Å². The maximum atomic E-state index is 11.9. The topological polar surface area (TPSA) is 46.5 Å². The Balaban J connectivity index is 3.61. The third-order valence-corrected chi connectivity index (χ3v) is 5.15. The maximum absolute atomic E-state index is 11.9. The van der Waals surface area contributed by atoms with E-state index in [1.54, 1.807) is 6.08 Å². The highest BCUT2D eigenvalue weighted by molar-refractivity contribution is 9.10. The molecule has 0 aromatic carbocycles. The van der Waals surface area contributed by atoms with E-state index in [1.807, 2.05) is 26.8 Å². The quantitative estimate of drug-likeness (QED) is 0.135. The molecule has 0 heterocycles. The molecule has 0 aliphatic carbocycles. The minimum Gasteiger partial charge on any atom is -0.459 e. The molecule has 0 aliphatic rings. The van der Waals surface area contributed by atoms with E-state index in [1.165, 1.54) is 64.2 Å². The van der Waals surface area contributed by atoms with E-state index in [-0.39, 0.29) is 0 Å². The van der Waals surface area contributed by atoms with E-state index in [0.717, 1.165) is 12.8 Å². The molecular formula is C22H41BrO3. The highest BCUT2D eigenvalue weighted by Crippen LogP contribution is 2.16. The van der Waals surface area contributed by atoms with E-state index in [9.17, 15) is 9.90 Å². The van der Waals surface area contributed by atoms with E-state index >= 15 is 0 Å². The average Bonchev–Trinajstić information content (AvgIpc) is 2.56. The number of carbonyl (C=O) groups is 1. The number of esters is 1. The average molecular weight is 433 g/mol. The normalized spacial score (nSPS) is 14.5. The van der Waals surface area contributed by atoms with Crippen LogP contribution in [0, 0.1) is 0 Å². The molecule has 0 amide bonds. The van der Waals surface area contributed by atoms with Gasteiger partial charge in [-0.3, -0.25) is 4.79 Å². The zero-order chi connectivity index (χ0) is 19.8. The van der Waals surface area contributed by atoms with Crippen molar-refractivity contribution in [1.82, 2.24) is 0 Å². The SMILES string of the molecule is CCCCCCCCCCCCC/C=C/[C@H](O)[C@H](Br)C(=O)OC(C)(C)C. The van der Waals surface area contributed by atoms with E-state index in [2.05, 4.69) is 22.9 Å². The van der Waals surface area contributed by atoms with Crippen LogP contribution in [0.3, 0.4) is 0 Å². The predicted molar refractivity (Wildman–Crippen MR) is 115 cm³/mol. The summed E-state index contributed by atoms with van der Waals surface area (Å²) >= 11 is 3.22. The maximum Gasteiger partial charge on any atom is 0.323 e. The van der Waals surface area contributed by atoms with Gasteiger partial charge in [0, 0.05) is 0 Å². The zero-order valence-electron chi connectivity index (χ0n) is 17.4. The van der Waals surface area contributed by atoms with Crippen molar-refractivity contribution < 1.29 is 14.6 Å². The molecule has 4 heteroatoms. The summed E-state index contributed by atoms with van der Waals surface area (Å²) in [4.78, 5) is 11.2. The van der Waals surface area contributed by atoms with Crippen molar-refractivity contribution in [2.45, 2.75) is 121 Å². The fourth-order valence-electron chi connectivity index (χ4n) is 2.76. The largest absolute Gasteiger partial charge is 0.459 e. The lowest BCUT2D eigenvalue weighted by Crippen LogP contribution is -2.34. The molecule has 0 spiro atoms. The van der Waals surface area contributed by atoms with Crippen LogP contribution < -0.4 is 0 Å². The molecule has 0 saturated carbocycles. The van der Waals surface area contributed by atoms with Gasteiger partial charge in [0.1, 0.15) is 10.4 Å². The molecule has 0 fully saturated rings. The second kappa shape index (κ2) is 15.7. The predicted octanol–water partition coefficient (Wildman–Crippen LogP) is 6.71. The van der Waals surface area contributed by atoms with Crippen molar-refractivity contribution in [3.8, 4) is 0 Å². The second-order valence-corrected chi connectivity index (χ2v) is 9.16. The fraction of sp³-hybridized carbons (Fsp3) is 0.864. The van der Waals surface area contributed by atoms with Gasteiger partial charge in [-0.05, 0) is 33.6 Å². The van der Waals surface area contributed by atoms with Gasteiger partial charge < -0.3 is 9.84 Å². The summed E-state index contributed by atoms with van der Waals surface area (Å²) in [6, 6.07) is 0. The Kier molecular flexibility index (Phi) is 15.5. The van der Waals surface area contributed by atoms with Crippen molar-refractivity contribution in [3.05, 3.63) is 12.2 Å². The summed E-state index contributed by atoms with van der Waals surface area (Å²) < 4.78 is 5.26. The molecule has 154 valence electrons. The summed E-state index contributed by atoms with van der Waals surface area (Å²) in [7, 11) is 0. The van der Waals surface area contributed by atoms with Crippen LogP contribution in [0.25, 0.3) is 0 Å². The van der Waals surface area contributed by atoms with Gasteiger partial charge in [-0.25, -0.2) is 0 Å². The number of alkyl halides is 1. The van der Waals surface area contributed by atoms with Gasteiger partial charge in [-0.2, -0.15) is 0 Å². The number of aliphatic hydroxyl groups is 1. The molecule has 0 aliphatic heterocycles. The minimum absolute atomic E-state index is 0.427. The highest BCUT2D eigenvalue weighted by atomic mass is 79.9. The first kappa shape index (κ1) is 25.6. The Labute approximate surface area is 170 Å². The first-order valence-electron chi connectivity index (χ1n) is 10.5. The molecule has 0 aromatic rings. The Morgan fingerprint density at radius 2 is 1.42 bits per heavy atom. The van der Waals surface area contributed by atoms with Gasteiger partial charge in [0.25, 0.3) is 0 Å². The molecular weight excluding hydrogens is 392 g/mol.